The molecule has 0 amide bonds. The number of likely N-dealkylation sites (N-methyl/N-ethyl adjacent to an activating group) is 1. The molecular formula is C13H26N8. The van der Waals surface area contributed by atoms with E-state index in [2.05, 4.69) is 64.0 Å². The Balaban J connectivity index is 2.00. The summed E-state index contributed by atoms with van der Waals surface area (Å²) >= 11 is 0. The molecule has 0 spiro atoms. The van der Waals surface area contributed by atoms with E-state index in [4.69, 9.17) is 5.73 Å². The van der Waals surface area contributed by atoms with Gasteiger partial charge in [0.2, 0.25) is 0 Å². The maximum absolute atomic E-state index is 6.13. The second-order valence-electron chi connectivity index (χ2n) is 6.39. The Morgan fingerprint density at radius 3 is 2.33 bits per heavy atom. The Morgan fingerprint density at radius 1 is 1.10 bits per heavy atom. The van der Waals surface area contributed by atoms with Crippen LogP contribution in [-0.2, 0) is 0 Å². The lowest BCUT2D eigenvalue weighted by Crippen LogP contribution is -2.47. The highest BCUT2D eigenvalue weighted by molar-refractivity contribution is 5.73. The van der Waals surface area contributed by atoms with Gasteiger partial charge in [-0.05, 0) is 27.8 Å². The number of hydrazine groups is 2. The lowest BCUT2D eigenvalue weighted by Gasteiger charge is -2.33. The summed E-state index contributed by atoms with van der Waals surface area (Å²) in [5, 5.41) is 2.12. The van der Waals surface area contributed by atoms with Gasteiger partial charge < -0.3 is 21.5 Å². The van der Waals surface area contributed by atoms with Crippen LogP contribution in [0, 0.1) is 0 Å². The number of rotatable bonds is 4. The predicted molar refractivity (Wildman–Crippen MR) is 85.6 cm³/mol. The highest BCUT2D eigenvalue weighted by Crippen LogP contribution is 2.22. The zero-order valence-electron chi connectivity index (χ0n) is 13.3. The van der Waals surface area contributed by atoms with Crippen LogP contribution in [0.5, 0.6) is 0 Å². The van der Waals surface area contributed by atoms with Gasteiger partial charge in [-0.15, -0.1) is 0 Å². The number of hydrogen-bond acceptors (Lipinski definition) is 8. The van der Waals surface area contributed by atoms with Crippen molar-refractivity contribution in [1.29, 1.82) is 0 Å². The Kier molecular flexibility index (Phi) is 4.81. The quantitative estimate of drug-likeness (QED) is 0.591. The van der Waals surface area contributed by atoms with Gasteiger partial charge in [-0.3, -0.25) is 0 Å². The molecule has 1 aliphatic rings. The van der Waals surface area contributed by atoms with Crippen LogP contribution in [0.15, 0.2) is 6.33 Å². The minimum Gasteiger partial charge on any atom is -0.393 e. The number of nitrogen functional groups attached to an aromatic ring is 1. The van der Waals surface area contributed by atoms with Crippen LogP contribution in [0.2, 0.25) is 0 Å². The number of anilines is 3. The minimum absolute atomic E-state index is 0.0809. The number of nitrogens with zero attached hydrogens (tertiary/aromatic N) is 4. The molecule has 1 aromatic rings. The average Bonchev–Trinajstić information content (AvgIpc) is 2.41. The fourth-order valence-electron chi connectivity index (χ4n) is 1.90. The zero-order valence-corrected chi connectivity index (χ0v) is 13.3. The second kappa shape index (κ2) is 6.42. The van der Waals surface area contributed by atoms with E-state index in [0.29, 0.717) is 17.3 Å². The first-order chi connectivity index (χ1) is 9.85. The number of aromatic nitrogens is 2. The van der Waals surface area contributed by atoms with Gasteiger partial charge in [0.25, 0.3) is 0 Å². The molecule has 1 aliphatic heterocycles. The van der Waals surface area contributed by atoms with E-state index in [1.165, 1.54) is 6.33 Å². The van der Waals surface area contributed by atoms with Crippen molar-refractivity contribution in [3.05, 3.63) is 6.33 Å². The molecule has 2 heterocycles. The lowest BCUT2D eigenvalue weighted by atomic mass is 10.1. The molecule has 118 valence electrons. The summed E-state index contributed by atoms with van der Waals surface area (Å²) in [4.78, 5) is 10.7. The van der Waals surface area contributed by atoms with Gasteiger partial charge in [-0.25, -0.2) is 20.4 Å². The van der Waals surface area contributed by atoms with Gasteiger partial charge in [0.15, 0.2) is 11.6 Å². The van der Waals surface area contributed by atoms with E-state index in [9.17, 15) is 0 Å². The molecule has 21 heavy (non-hydrogen) atoms. The van der Waals surface area contributed by atoms with Gasteiger partial charge in [0.1, 0.15) is 12.0 Å². The van der Waals surface area contributed by atoms with Crippen molar-refractivity contribution in [1.82, 2.24) is 25.3 Å². The number of hydrogen-bond donors (Lipinski definition) is 4. The molecule has 8 heteroatoms. The molecule has 0 atom stereocenters. The van der Waals surface area contributed by atoms with Crippen LogP contribution < -0.4 is 22.0 Å². The summed E-state index contributed by atoms with van der Waals surface area (Å²) in [5.74, 6) is 1.21. The largest absolute Gasteiger partial charge is 0.393 e. The van der Waals surface area contributed by atoms with E-state index >= 15 is 0 Å². The van der Waals surface area contributed by atoms with Crippen LogP contribution in [0.25, 0.3) is 0 Å². The number of nitrogens with two attached hydrogens (primary N) is 1. The minimum atomic E-state index is -0.0809. The van der Waals surface area contributed by atoms with E-state index < -0.39 is 0 Å². The van der Waals surface area contributed by atoms with Crippen LogP contribution in [-0.4, -0.2) is 58.6 Å². The molecule has 2 rings (SSSR count). The maximum atomic E-state index is 6.13. The molecule has 8 nitrogen and oxygen atoms in total. The second-order valence-corrected chi connectivity index (χ2v) is 6.39. The molecule has 1 saturated heterocycles. The summed E-state index contributed by atoms with van der Waals surface area (Å²) in [7, 11) is 2.12. The van der Waals surface area contributed by atoms with Gasteiger partial charge in [0.05, 0.1) is 0 Å². The molecular weight excluding hydrogens is 268 g/mol. The standard InChI is InChI=1S/C13H26N8/c1-13(2,3)19-17-11-10(14)12(16-9-15-11)18-21-7-5-20(4)6-8-21/h9,19H,5-8,14H2,1-4H3,(H2,15,16,17,18). The van der Waals surface area contributed by atoms with Crippen molar-refractivity contribution in [2.45, 2.75) is 26.3 Å². The van der Waals surface area contributed by atoms with Crippen molar-refractivity contribution in [2.24, 2.45) is 0 Å². The van der Waals surface area contributed by atoms with Crippen molar-refractivity contribution < 1.29 is 0 Å². The Hall–Kier alpha value is -1.64. The third-order valence-electron chi connectivity index (χ3n) is 3.21. The highest BCUT2D eigenvalue weighted by Gasteiger charge is 2.17. The predicted octanol–water partition coefficient (Wildman–Crippen LogP) is 0.348. The van der Waals surface area contributed by atoms with Crippen molar-refractivity contribution in [3.8, 4) is 0 Å². The Labute approximate surface area is 126 Å². The average molecular weight is 294 g/mol. The van der Waals surface area contributed by atoms with Gasteiger partial charge in [-0.2, -0.15) is 0 Å². The third kappa shape index (κ3) is 4.69. The summed E-state index contributed by atoms with van der Waals surface area (Å²) in [6.07, 6.45) is 1.50. The third-order valence-corrected chi connectivity index (χ3v) is 3.21. The summed E-state index contributed by atoms with van der Waals surface area (Å²) in [6, 6.07) is 0. The molecule has 0 aliphatic carbocycles. The number of piperazine rings is 1. The maximum Gasteiger partial charge on any atom is 0.169 e. The molecule has 0 aromatic carbocycles. The van der Waals surface area contributed by atoms with E-state index in [-0.39, 0.29) is 5.54 Å². The first kappa shape index (κ1) is 15.7. The van der Waals surface area contributed by atoms with Gasteiger partial charge in [-0.1, -0.05) is 0 Å². The fraction of sp³-hybridized carbons (Fsp3) is 0.692. The summed E-state index contributed by atoms with van der Waals surface area (Å²) in [5.41, 5.74) is 16.0. The summed E-state index contributed by atoms with van der Waals surface area (Å²) < 4.78 is 0. The zero-order chi connectivity index (χ0) is 15.5. The SMILES string of the molecule is CN1CCN(Nc2ncnc(NNC(C)(C)C)c2N)CC1. The van der Waals surface area contributed by atoms with Gasteiger partial charge >= 0.3 is 0 Å². The normalized spacial score (nSPS) is 17.7. The smallest absolute Gasteiger partial charge is 0.169 e. The van der Waals surface area contributed by atoms with Crippen molar-refractivity contribution in [2.75, 3.05) is 49.8 Å². The number of nitrogens with one attached hydrogen (secondary N) is 3. The molecule has 1 aromatic heterocycles. The van der Waals surface area contributed by atoms with Crippen molar-refractivity contribution in [3.63, 3.8) is 0 Å². The van der Waals surface area contributed by atoms with E-state index in [0.717, 1.165) is 26.2 Å². The van der Waals surface area contributed by atoms with E-state index in [1.807, 2.05) is 0 Å². The molecule has 0 unspecified atom stereocenters. The van der Waals surface area contributed by atoms with Crippen LogP contribution in [0.4, 0.5) is 17.3 Å². The first-order valence-corrected chi connectivity index (χ1v) is 7.19. The fourth-order valence-corrected chi connectivity index (χ4v) is 1.90. The Morgan fingerprint density at radius 2 is 1.71 bits per heavy atom. The molecule has 0 bridgehead atoms. The summed E-state index contributed by atoms with van der Waals surface area (Å²) in [6.45, 7) is 10.1. The monoisotopic (exact) mass is 294 g/mol. The van der Waals surface area contributed by atoms with Crippen LogP contribution in [0.3, 0.4) is 0 Å². The van der Waals surface area contributed by atoms with E-state index in [1.54, 1.807) is 0 Å². The Bertz CT molecular complexity index is 462. The highest BCUT2D eigenvalue weighted by atomic mass is 15.5. The van der Waals surface area contributed by atoms with Crippen LogP contribution in [0.1, 0.15) is 20.8 Å². The molecule has 5 N–H and O–H groups in total. The lowest BCUT2D eigenvalue weighted by molar-refractivity contribution is 0.178. The molecule has 0 saturated carbocycles. The first-order valence-electron chi connectivity index (χ1n) is 7.19. The van der Waals surface area contributed by atoms with Gasteiger partial charge in [0, 0.05) is 31.7 Å². The molecule has 1 fully saturated rings. The molecule has 0 radical (unpaired) electrons. The van der Waals surface area contributed by atoms with Crippen molar-refractivity contribution >= 4 is 17.3 Å². The topological polar surface area (TPSA) is 94.4 Å². The van der Waals surface area contributed by atoms with Crippen LogP contribution >= 0.6 is 0 Å².